The first kappa shape index (κ1) is 55.6. The summed E-state index contributed by atoms with van der Waals surface area (Å²) in [6.07, 6.45) is 14.3. The van der Waals surface area contributed by atoms with Crippen molar-refractivity contribution >= 4 is 67.1 Å². The second-order valence-electron chi connectivity index (χ2n) is 10.7. The molecule has 0 aromatic heterocycles. The molecule has 280 valence electrons. The molecule has 2 unspecified atom stereocenters. The van der Waals surface area contributed by atoms with Crippen LogP contribution >= 0.6 is 0 Å². The Kier molecular flexibility index (Phi) is 43.2. The van der Waals surface area contributed by atoms with Crippen molar-refractivity contribution in [3.05, 3.63) is 0 Å². The smallest absolute Gasteiger partial charge is 0.359 e. The molecule has 21 heteroatoms. The third-order valence-electron chi connectivity index (χ3n) is 5.09. The quantitative estimate of drug-likeness (QED) is 0.135. The molecule has 1 rings (SSSR count). The van der Waals surface area contributed by atoms with E-state index in [1.54, 1.807) is 59.8 Å². The third-order valence-corrected chi connectivity index (χ3v) is 5.09. The number of nitrogens with one attached hydrogen (secondary N) is 2. The molecule has 6 N–H and O–H groups in total. The van der Waals surface area contributed by atoms with Gasteiger partial charge in [-0.05, 0) is 0 Å². The van der Waals surface area contributed by atoms with Gasteiger partial charge in [0.2, 0.25) is 0 Å². The van der Waals surface area contributed by atoms with Gasteiger partial charge in [0.05, 0.1) is 39.3 Å². The molecule has 1 heterocycles. The molecule has 1 saturated heterocycles. The molecule has 1 aliphatic rings. The third kappa shape index (κ3) is 61.0. The number of aliphatic carboxylic acids is 4. The minimum absolute atomic E-state index is 0. The van der Waals surface area contributed by atoms with Crippen molar-refractivity contribution in [2.24, 2.45) is 0 Å². The van der Waals surface area contributed by atoms with Gasteiger partial charge in [-0.25, -0.2) is 9.59 Å². The van der Waals surface area contributed by atoms with E-state index < -0.39 is 67.1 Å². The van der Waals surface area contributed by atoms with Gasteiger partial charge in [-0.2, -0.15) is 0 Å². The van der Waals surface area contributed by atoms with Crippen LogP contribution in [0, 0.1) is 0 Å². The van der Waals surface area contributed by atoms with Crippen molar-refractivity contribution in [2.75, 3.05) is 129 Å². The Labute approximate surface area is 308 Å². The Morgan fingerprint density at radius 2 is 0.723 bits per heavy atom. The van der Waals surface area contributed by atoms with Crippen molar-refractivity contribution in [1.29, 1.82) is 0 Å². The largest absolute Gasteiger partial charge is 0.480 e. The molecule has 2 atom stereocenters. The normalized spacial score (nSPS) is 17.9. The van der Waals surface area contributed by atoms with E-state index in [2.05, 4.69) is 0 Å². The van der Waals surface area contributed by atoms with Crippen molar-refractivity contribution in [3.8, 4) is 0 Å². The van der Waals surface area contributed by atoms with Gasteiger partial charge in [-0.15, -0.1) is 0 Å². The minimum atomic E-state index is -0.963. The van der Waals surface area contributed by atoms with Crippen LogP contribution in [-0.4, -0.2) is 200 Å². The first-order chi connectivity index (χ1) is 21.1. The molecule has 1 aliphatic heterocycles. The fourth-order valence-corrected chi connectivity index (χ4v) is 3.69. The summed E-state index contributed by atoms with van der Waals surface area (Å²) in [6, 6.07) is 0. The average Bonchev–Trinajstić information content (AvgIpc) is 2.82. The molecular formula is C26H58N4O12S4Zr+2. The van der Waals surface area contributed by atoms with Gasteiger partial charge < -0.3 is 30.2 Å². The second kappa shape index (κ2) is 36.5. The number of hydrogen-bond donors (Lipinski definition) is 6. The summed E-state index contributed by atoms with van der Waals surface area (Å²) < 4.78 is 38.2. The van der Waals surface area contributed by atoms with Crippen LogP contribution in [0.15, 0.2) is 0 Å². The van der Waals surface area contributed by atoms with E-state index in [4.69, 9.17) is 20.4 Å². The zero-order valence-corrected chi connectivity index (χ0v) is 34.7. The van der Waals surface area contributed by atoms with E-state index in [1.807, 2.05) is 0 Å². The number of quaternary nitrogens is 2. The number of carboxylic acids is 4. The fourth-order valence-electron chi connectivity index (χ4n) is 3.69. The number of nitrogens with zero attached hydrogens (tertiary/aromatic N) is 2. The Balaban J connectivity index is -0.000000286. The van der Waals surface area contributed by atoms with Gasteiger partial charge >= 0.3 is 23.9 Å². The monoisotopic (exact) mass is 835 g/mol. The van der Waals surface area contributed by atoms with Crippen LogP contribution in [0.5, 0.6) is 0 Å². The summed E-state index contributed by atoms with van der Waals surface area (Å²) in [5.41, 5.74) is 0. The molecule has 0 aromatic rings. The number of carboxylic acid groups (broad SMARTS) is 4. The van der Waals surface area contributed by atoms with E-state index in [9.17, 15) is 36.0 Å². The van der Waals surface area contributed by atoms with Crippen molar-refractivity contribution < 1.29 is 92.4 Å². The van der Waals surface area contributed by atoms with Crippen LogP contribution in [0.3, 0.4) is 0 Å². The van der Waals surface area contributed by atoms with E-state index >= 15 is 0 Å². The topological polar surface area (TPSA) is 233 Å². The maximum absolute atomic E-state index is 11.2. The summed E-state index contributed by atoms with van der Waals surface area (Å²) in [6.45, 7) is 3.26. The Hall–Kier alpha value is -0.797. The zero-order valence-electron chi connectivity index (χ0n) is 29.0. The molecule has 0 spiro atoms. The van der Waals surface area contributed by atoms with Crippen LogP contribution in [-0.2, 0) is 88.6 Å². The summed E-state index contributed by atoms with van der Waals surface area (Å²) in [4.78, 5) is 49.8. The van der Waals surface area contributed by atoms with E-state index in [0.717, 1.165) is 9.80 Å². The zero-order chi connectivity index (χ0) is 36.8. The number of hydrogen-bond acceptors (Lipinski definition) is 10. The summed E-state index contributed by atoms with van der Waals surface area (Å²) in [5.74, 6) is -3.80. The first-order valence-electron chi connectivity index (χ1n) is 14.1. The minimum Gasteiger partial charge on any atom is -0.480 e. The van der Waals surface area contributed by atoms with Crippen LogP contribution in [0.25, 0.3) is 0 Å². The number of rotatable bonds is 8. The molecule has 47 heavy (non-hydrogen) atoms. The average molecular weight is 836 g/mol. The number of carbonyl (C=O) groups is 4. The van der Waals surface area contributed by atoms with Crippen molar-refractivity contribution in [1.82, 2.24) is 9.80 Å². The van der Waals surface area contributed by atoms with Crippen LogP contribution in [0.1, 0.15) is 12.8 Å². The standard InChI is InChI=1S/C18H32N4O8.4C2H6OS.Zr/c23-15(24)11-19-3-1-4-20(12-16(25)26)8-10-22(14-18(29)30)6-2-5-21(9-7-19)13-17(27)28;4*1-4(2)3;/h1-14H2,(H,23,24)(H,25,26)(H,27,28)(H,29,30);4*1-2H3;/p+2/i;;;;;1-2. The fraction of sp³-hybridized carbons (Fsp3) is 0.846. The summed E-state index contributed by atoms with van der Waals surface area (Å²) in [5, 5.41) is 36.6. The van der Waals surface area contributed by atoms with Gasteiger partial charge in [0.25, 0.3) is 0 Å². The molecule has 0 aromatic carbocycles. The SMILES string of the molecule is CS(C)=O.CS(C)=O.CS(C)=O.CS(C)=O.O=C(O)CN1CCC[NH+](CC(=O)O)CCN(CC(=O)O)CCC[NH+](CC(=O)O)CC1.[89Zr]. The summed E-state index contributed by atoms with van der Waals surface area (Å²) >= 11 is 0. The molecule has 0 saturated carbocycles. The molecule has 0 aliphatic carbocycles. The Bertz CT molecular complexity index is 805. The van der Waals surface area contributed by atoms with Gasteiger partial charge in [0.1, 0.15) is 0 Å². The Morgan fingerprint density at radius 1 is 0.489 bits per heavy atom. The first-order valence-corrected chi connectivity index (χ1v) is 21.9. The van der Waals surface area contributed by atoms with E-state index in [1.165, 1.54) is 0 Å². The van der Waals surface area contributed by atoms with Crippen molar-refractivity contribution in [2.45, 2.75) is 12.8 Å². The summed E-state index contributed by atoms with van der Waals surface area (Å²) in [7, 11) is -2.44. The molecule has 0 radical (unpaired) electrons. The molecule has 0 bridgehead atoms. The van der Waals surface area contributed by atoms with Gasteiger partial charge in [0, 0.05) is 158 Å². The predicted octanol–water partition coefficient (Wildman–Crippen LogP) is -4.53. The maximum Gasteiger partial charge on any atom is 0.359 e. The van der Waals surface area contributed by atoms with Gasteiger partial charge in [-0.3, -0.25) is 36.2 Å². The molecule has 1 fully saturated rings. The van der Waals surface area contributed by atoms with Crippen LogP contribution in [0.2, 0.25) is 0 Å². The van der Waals surface area contributed by atoms with Crippen molar-refractivity contribution in [3.63, 3.8) is 0 Å². The second-order valence-corrected chi connectivity index (χ2v) is 16.6. The van der Waals surface area contributed by atoms with E-state index in [-0.39, 0.29) is 52.4 Å². The van der Waals surface area contributed by atoms with Crippen LogP contribution in [0.4, 0.5) is 0 Å². The van der Waals surface area contributed by atoms with Crippen LogP contribution < -0.4 is 9.80 Å². The van der Waals surface area contributed by atoms with Gasteiger partial charge in [-0.1, -0.05) is 0 Å². The molecule has 16 nitrogen and oxygen atoms in total. The molecule has 0 amide bonds. The Morgan fingerprint density at radius 3 is 0.915 bits per heavy atom. The van der Waals surface area contributed by atoms with Gasteiger partial charge in [0.15, 0.2) is 13.1 Å². The molecular weight excluding hydrogens is 777 g/mol. The maximum atomic E-state index is 11.2. The predicted molar refractivity (Wildman–Crippen MR) is 184 cm³/mol. The van der Waals surface area contributed by atoms with E-state index in [0.29, 0.717) is 65.2 Å².